The molecule has 0 saturated carbocycles. The fourth-order valence-corrected chi connectivity index (χ4v) is 2.16. The SMILES string of the molecule is CN(Cc1ccccc1)c1nc2ncn(C)c2c(=O)[nH]1. The van der Waals surface area contributed by atoms with Crippen LogP contribution in [-0.2, 0) is 13.6 Å². The Morgan fingerprint density at radius 2 is 2.05 bits per heavy atom. The minimum atomic E-state index is -0.176. The molecule has 20 heavy (non-hydrogen) atoms. The second-order valence-corrected chi connectivity index (χ2v) is 4.76. The van der Waals surface area contributed by atoms with Gasteiger partial charge in [-0.1, -0.05) is 30.3 Å². The number of anilines is 1. The van der Waals surface area contributed by atoms with Gasteiger partial charge in [0.05, 0.1) is 6.33 Å². The molecule has 2 aromatic heterocycles. The van der Waals surface area contributed by atoms with Crippen LogP contribution < -0.4 is 10.5 Å². The number of aromatic amines is 1. The number of rotatable bonds is 3. The number of benzene rings is 1. The summed E-state index contributed by atoms with van der Waals surface area (Å²) in [6.07, 6.45) is 1.59. The lowest BCUT2D eigenvalue weighted by Crippen LogP contribution is -2.23. The maximum atomic E-state index is 12.1. The van der Waals surface area contributed by atoms with E-state index in [4.69, 9.17) is 0 Å². The van der Waals surface area contributed by atoms with E-state index in [0.717, 1.165) is 5.56 Å². The predicted molar refractivity (Wildman–Crippen MR) is 77.7 cm³/mol. The van der Waals surface area contributed by atoms with E-state index < -0.39 is 0 Å². The maximum absolute atomic E-state index is 12.1. The Bertz CT molecular complexity index is 790. The summed E-state index contributed by atoms with van der Waals surface area (Å²) in [6, 6.07) is 10.0. The topological polar surface area (TPSA) is 66.8 Å². The van der Waals surface area contributed by atoms with Crippen molar-refractivity contribution in [3.8, 4) is 0 Å². The lowest BCUT2D eigenvalue weighted by Gasteiger charge is -2.17. The van der Waals surface area contributed by atoms with Gasteiger partial charge in [0.1, 0.15) is 0 Å². The minimum Gasteiger partial charge on any atom is -0.341 e. The van der Waals surface area contributed by atoms with Gasteiger partial charge in [0.2, 0.25) is 5.95 Å². The fourth-order valence-electron chi connectivity index (χ4n) is 2.16. The predicted octanol–water partition coefficient (Wildman–Crippen LogP) is 1.29. The van der Waals surface area contributed by atoms with Gasteiger partial charge in [0, 0.05) is 20.6 Å². The van der Waals surface area contributed by atoms with Crippen LogP contribution >= 0.6 is 0 Å². The Morgan fingerprint density at radius 3 is 2.80 bits per heavy atom. The van der Waals surface area contributed by atoms with Crippen LogP contribution in [0.3, 0.4) is 0 Å². The van der Waals surface area contributed by atoms with Crippen molar-refractivity contribution in [3.63, 3.8) is 0 Å². The molecule has 0 unspecified atom stereocenters. The van der Waals surface area contributed by atoms with Crippen LogP contribution in [0.5, 0.6) is 0 Å². The average Bonchev–Trinajstić information content (AvgIpc) is 2.82. The molecule has 0 aliphatic rings. The Balaban J connectivity index is 1.96. The molecule has 6 nitrogen and oxygen atoms in total. The standard InChI is InChI=1S/C14H15N5O/c1-18(8-10-6-4-3-5-7-10)14-16-12-11(13(20)17-14)19(2)9-15-12/h3-7,9H,8H2,1-2H3,(H,16,17,20). The molecule has 3 rings (SSSR count). The van der Waals surface area contributed by atoms with E-state index in [1.165, 1.54) is 0 Å². The van der Waals surface area contributed by atoms with Crippen molar-refractivity contribution >= 4 is 17.1 Å². The molecule has 0 aliphatic heterocycles. The lowest BCUT2D eigenvalue weighted by molar-refractivity contribution is 0.864. The Morgan fingerprint density at radius 1 is 1.30 bits per heavy atom. The van der Waals surface area contributed by atoms with Crippen molar-refractivity contribution < 1.29 is 0 Å². The second-order valence-electron chi connectivity index (χ2n) is 4.76. The van der Waals surface area contributed by atoms with Gasteiger partial charge in [-0.2, -0.15) is 4.98 Å². The third kappa shape index (κ3) is 2.16. The molecule has 0 bridgehead atoms. The van der Waals surface area contributed by atoms with Gasteiger partial charge in [-0.05, 0) is 5.56 Å². The lowest BCUT2D eigenvalue weighted by atomic mass is 10.2. The first-order valence-corrected chi connectivity index (χ1v) is 6.31. The third-order valence-electron chi connectivity index (χ3n) is 3.19. The first kappa shape index (κ1) is 12.4. The summed E-state index contributed by atoms with van der Waals surface area (Å²) in [5, 5.41) is 0. The quantitative estimate of drug-likeness (QED) is 0.778. The number of aryl methyl sites for hydroxylation is 1. The summed E-state index contributed by atoms with van der Waals surface area (Å²) in [5.74, 6) is 0.519. The molecule has 1 N–H and O–H groups in total. The van der Waals surface area contributed by atoms with Gasteiger partial charge >= 0.3 is 0 Å². The van der Waals surface area contributed by atoms with Crippen molar-refractivity contribution in [1.29, 1.82) is 0 Å². The Hall–Kier alpha value is -2.63. The monoisotopic (exact) mass is 269 g/mol. The smallest absolute Gasteiger partial charge is 0.278 e. The fraction of sp³-hybridized carbons (Fsp3) is 0.214. The molecule has 1 aromatic carbocycles. The van der Waals surface area contributed by atoms with Crippen molar-refractivity contribution in [2.45, 2.75) is 6.54 Å². The van der Waals surface area contributed by atoms with E-state index in [1.54, 1.807) is 17.9 Å². The normalized spacial score (nSPS) is 10.9. The number of H-pyrrole nitrogens is 1. The van der Waals surface area contributed by atoms with Gasteiger partial charge in [-0.25, -0.2) is 4.98 Å². The van der Waals surface area contributed by atoms with E-state index in [-0.39, 0.29) is 5.56 Å². The molecular weight excluding hydrogens is 254 g/mol. The van der Waals surface area contributed by atoms with Crippen LogP contribution in [0.1, 0.15) is 5.56 Å². The van der Waals surface area contributed by atoms with Gasteiger partial charge in [0.15, 0.2) is 11.2 Å². The molecule has 2 heterocycles. The van der Waals surface area contributed by atoms with Gasteiger partial charge in [-0.3, -0.25) is 9.78 Å². The zero-order valence-corrected chi connectivity index (χ0v) is 11.4. The minimum absolute atomic E-state index is 0.176. The van der Waals surface area contributed by atoms with Crippen LogP contribution in [0.15, 0.2) is 41.5 Å². The van der Waals surface area contributed by atoms with E-state index in [2.05, 4.69) is 15.0 Å². The third-order valence-corrected chi connectivity index (χ3v) is 3.19. The number of nitrogens with zero attached hydrogens (tertiary/aromatic N) is 4. The van der Waals surface area contributed by atoms with Crippen molar-refractivity contribution in [2.75, 3.05) is 11.9 Å². The highest BCUT2D eigenvalue weighted by atomic mass is 16.1. The molecule has 3 aromatic rings. The number of aromatic nitrogens is 4. The number of hydrogen-bond acceptors (Lipinski definition) is 4. The molecule has 0 radical (unpaired) electrons. The number of imidazole rings is 1. The Labute approximate surface area is 115 Å². The van der Waals surface area contributed by atoms with E-state index in [1.807, 2.05) is 42.3 Å². The number of fused-ring (bicyclic) bond motifs is 1. The van der Waals surface area contributed by atoms with E-state index in [0.29, 0.717) is 23.7 Å². The van der Waals surface area contributed by atoms with Gasteiger partial charge in [-0.15, -0.1) is 0 Å². The molecule has 6 heteroatoms. The van der Waals surface area contributed by atoms with Crippen LogP contribution in [0.4, 0.5) is 5.95 Å². The summed E-state index contributed by atoms with van der Waals surface area (Å²) < 4.78 is 1.67. The van der Waals surface area contributed by atoms with Gasteiger partial charge < -0.3 is 9.47 Å². The summed E-state index contributed by atoms with van der Waals surface area (Å²) >= 11 is 0. The van der Waals surface area contributed by atoms with Crippen LogP contribution in [0.25, 0.3) is 11.2 Å². The summed E-state index contributed by atoms with van der Waals surface area (Å²) in [4.78, 5) is 25.3. The van der Waals surface area contributed by atoms with Crippen LogP contribution in [0, 0.1) is 0 Å². The molecule has 0 fully saturated rings. The average molecular weight is 269 g/mol. The van der Waals surface area contributed by atoms with Crippen molar-refractivity contribution in [1.82, 2.24) is 19.5 Å². The molecule has 102 valence electrons. The van der Waals surface area contributed by atoms with E-state index >= 15 is 0 Å². The highest BCUT2D eigenvalue weighted by Crippen LogP contribution is 2.11. The number of hydrogen-bond donors (Lipinski definition) is 1. The first-order valence-electron chi connectivity index (χ1n) is 6.31. The summed E-state index contributed by atoms with van der Waals surface area (Å²) in [7, 11) is 3.67. The largest absolute Gasteiger partial charge is 0.341 e. The van der Waals surface area contributed by atoms with Crippen LogP contribution in [-0.4, -0.2) is 26.6 Å². The first-order chi connectivity index (χ1) is 9.65. The highest BCUT2D eigenvalue weighted by molar-refractivity contribution is 5.70. The summed E-state index contributed by atoms with van der Waals surface area (Å²) in [6.45, 7) is 0.669. The molecule has 0 spiro atoms. The molecule has 0 atom stereocenters. The summed E-state index contributed by atoms with van der Waals surface area (Å²) in [5.41, 5.74) is 1.93. The van der Waals surface area contributed by atoms with Gasteiger partial charge in [0.25, 0.3) is 5.56 Å². The van der Waals surface area contributed by atoms with Crippen molar-refractivity contribution in [3.05, 3.63) is 52.6 Å². The molecular formula is C14H15N5O. The zero-order chi connectivity index (χ0) is 14.1. The molecule has 0 aliphatic carbocycles. The Kier molecular flexibility index (Phi) is 2.98. The zero-order valence-electron chi connectivity index (χ0n) is 11.4. The van der Waals surface area contributed by atoms with Crippen LogP contribution in [0.2, 0.25) is 0 Å². The van der Waals surface area contributed by atoms with E-state index in [9.17, 15) is 4.79 Å². The second kappa shape index (κ2) is 4.80. The highest BCUT2D eigenvalue weighted by Gasteiger charge is 2.11. The molecule has 0 saturated heterocycles. The molecule has 0 amide bonds. The maximum Gasteiger partial charge on any atom is 0.278 e. The van der Waals surface area contributed by atoms with Crippen molar-refractivity contribution in [2.24, 2.45) is 7.05 Å². The number of nitrogens with one attached hydrogen (secondary N) is 1.